The number of hydrogen-bond donors (Lipinski definition) is 0. The number of alkyl halides is 1. The lowest BCUT2D eigenvalue weighted by atomic mass is 10.1. The molecule has 2 nitrogen and oxygen atoms in total. The van der Waals surface area contributed by atoms with E-state index in [0.29, 0.717) is 12.5 Å². The van der Waals surface area contributed by atoms with Crippen molar-refractivity contribution in [1.82, 2.24) is 0 Å². The first-order valence-corrected chi connectivity index (χ1v) is 7.17. The van der Waals surface area contributed by atoms with E-state index in [-0.39, 0.29) is 0 Å². The minimum Gasteiger partial charge on any atom is -0.493 e. The molecule has 0 saturated carbocycles. The van der Waals surface area contributed by atoms with Gasteiger partial charge in [-0.3, -0.25) is 0 Å². The minimum atomic E-state index is 0.576. The van der Waals surface area contributed by atoms with Crippen molar-refractivity contribution in [3.05, 3.63) is 29.3 Å². The molecular formula is C16H21ClO2. The molecule has 0 bridgehead atoms. The fourth-order valence-electron chi connectivity index (χ4n) is 1.59. The Morgan fingerprint density at radius 1 is 1.26 bits per heavy atom. The Balaban J connectivity index is 2.46. The van der Waals surface area contributed by atoms with Crippen LogP contribution in [0.15, 0.2) is 18.2 Å². The number of benzene rings is 1. The molecule has 1 aromatic rings. The quantitative estimate of drug-likeness (QED) is 0.430. The highest BCUT2D eigenvalue weighted by atomic mass is 35.5. The Hall–Kier alpha value is -1.17. The van der Waals surface area contributed by atoms with Gasteiger partial charge in [-0.15, -0.1) is 11.6 Å². The van der Waals surface area contributed by atoms with Gasteiger partial charge in [0.15, 0.2) is 0 Å². The van der Waals surface area contributed by atoms with E-state index >= 15 is 0 Å². The van der Waals surface area contributed by atoms with Crippen LogP contribution >= 0.6 is 11.6 Å². The van der Waals surface area contributed by atoms with Gasteiger partial charge in [0, 0.05) is 37.5 Å². The smallest absolute Gasteiger partial charge is 0.122 e. The second-order valence-corrected chi connectivity index (χ2v) is 4.50. The Bertz CT molecular complexity index is 432. The largest absolute Gasteiger partial charge is 0.493 e. The molecule has 0 aromatic heterocycles. The number of rotatable bonds is 7. The molecule has 0 unspecified atom stereocenters. The molecule has 104 valence electrons. The predicted octanol–water partition coefficient (Wildman–Crippen LogP) is 3.78. The molecule has 0 N–H and O–H groups in total. The van der Waals surface area contributed by atoms with Gasteiger partial charge < -0.3 is 9.47 Å². The molecule has 1 rings (SSSR count). The summed E-state index contributed by atoms with van der Waals surface area (Å²) < 4.78 is 11.0. The molecule has 0 amide bonds. The third kappa shape index (κ3) is 6.52. The maximum Gasteiger partial charge on any atom is 0.122 e. The summed E-state index contributed by atoms with van der Waals surface area (Å²) in [5.74, 6) is 7.61. The van der Waals surface area contributed by atoms with Crippen LogP contribution in [0.5, 0.6) is 5.75 Å². The molecule has 0 aliphatic carbocycles. The molecule has 19 heavy (non-hydrogen) atoms. The molecular weight excluding hydrogens is 260 g/mol. The number of halogens is 1. The van der Waals surface area contributed by atoms with Crippen LogP contribution in [0.25, 0.3) is 0 Å². The van der Waals surface area contributed by atoms with Crippen molar-refractivity contribution in [3.8, 4) is 17.6 Å². The number of hydrogen-bond acceptors (Lipinski definition) is 2. The van der Waals surface area contributed by atoms with Crippen LogP contribution in [-0.4, -0.2) is 25.7 Å². The van der Waals surface area contributed by atoms with E-state index in [1.54, 1.807) is 0 Å². The van der Waals surface area contributed by atoms with E-state index < -0.39 is 0 Å². The highest BCUT2D eigenvalue weighted by Crippen LogP contribution is 2.18. The fraction of sp³-hybridized carbons (Fsp3) is 0.500. The highest BCUT2D eigenvalue weighted by molar-refractivity contribution is 6.18. The van der Waals surface area contributed by atoms with Crippen LogP contribution in [0.1, 0.15) is 30.9 Å². The lowest BCUT2D eigenvalue weighted by molar-refractivity contribution is 0.130. The second-order valence-electron chi connectivity index (χ2n) is 4.12. The highest BCUT2D eigenvalue weighted by Gasteiger charge is 2.00. The zero-order chi connectivity index (χ0) is 13.9. The average Bonchev–Trinajstić information content (AvgIpc) is 2.41. The van der Waals surface area contributed by atoms with Gasteiger partial charge in [0.25, 0.3) is 0 Å². The summed E-state index contributed by atoms with van der Waals surface area (Å²) in [5.41, 5.74) is 2.11. The lowest BCUT2D eigenvalue weighted by Gasteiger charge is -2.09. The zero-order valence-corrected chi connectivity index (χ0v) is 12.4. The first-order valence-electron chi connectivity index (χ1n) is 6.64. The average molecular weight is 281 g/mol. The predicted molar refractivity (Wildman–Crippen MR) is 80.0 cm³/mol. The standard InChI is InChI=1S/C16H21ClO2/c1-3-18-11-6-12-19-16-9-8-15(13-14(16)2)7-4-5-10-17/h8-9,13H,3,5-6,10-12H2,1-2H3. The van der Waals surface area contributed by atoms with E-state index in [4.69, 9.17) is 21.1 Å². The lowest BCUT2D eigenvalue weighted by Crippen LogP contribution is -2.03. The SMILES string of the molecule is CCOCCCOc1ccc(C#CCCCl)cc1C. The van der Waals surface area contributed by atoms with Gasteiger partial charge in [0.05, 0.1) is 6.61 Å². The number of aryl methyl sites for hydroxylation is 1. The Morgan fingerprint density at radius 2 is 2.11 bits per heavy atom. The fourth-order valence-corrected chi connectivity index (χ4v) is 1.68. The van der Waals surface area contributed by atoms with Crippen molar-refractivity contribution in [2.45, 2.75) is 26.7 Å². The van der Waals surface area contributed by atoms with Crippen molar-refractivity contribution in [2.24, 2.45) is 0 Å². The summed E-state index contributed by atoms with van der Waals surface area (Å²) in [6.07, 6.45) is 1.63. The van der Waals surface area contributed by atoms with Crippen LogP contribution < -0.4 is 4.74 Å². The van der Waals surface area contributed by atoms with E-state index in [2.05, 4.69) is 11.8 Å². The van der Waals surface area contributed by atoms with E-state index in [1.165, 1.54) is 0 Å². The summed E-state index contributed by atoms with van der Waals surface area (Å²) in [7, 11) is 0. The van der Waals surface area contributed by atoms with Crippen LogP contribution in [0.3, 0.4) is 0 Å². The van der Waals surface area contributed by atoms with Crippen molar-refractivity contribution in [3.63, 3.8) is 0 Å². The van der Waals surface area contributed by atoms with Gasteiger partial charge in [-0.2, -0.15) is 0 Å². The van der Waals surface area contributed by atoms with Gasteiger partial charge in [0.1, 0.15) is 5.75 Å². The van der Waals surface area contributed by atoms with E-state index in [1.807, 2.05) is 32.0 Å². The van der Waals surface area contributed by atoms with Gasteiger partial charge in [0.2, 0.25) is 0 Å². The van der Waals surface area contributed by atoms with Gasteiger partial charge in [-0.1, -0.05) is 11.8 Å². The number of ether oxygens (including phenoxy) is 2. The molecule has 0 aliphatic rings. The molecule has 0 fully saturated rings. The van der Waals surface area contributed by atoms with Crippen LogP contribution in [0.2, 0.25) is 0 Å². The molecule has 0 saturated heterocycles. The minimum absolute atomic E-state index is 0.576. The molecule has 0 aliphatic heterocycles. The first-order chi connectivity index (χ1) is 9.27. The zero-order valence-electron chi connectivity index (χ0n) is 11.7. The molecule has 0 heterocycles. The monoisotopic (exact) mass is 280 g/mol. The normalized spacial score (nSPS) is 9.84. The van der Waals surface area contributed by atoms with Gasteiger partial charge in [-0.25, -0.2) is 0 Å². The van der Waals surface area contributed by atoms with Crippen molar-refractivity contribution in [1.29, 1.82) is 0 Å². The summed E-state index contributed by atoms with van der Waals surface area (Å²) in [6, 6.07) is 5.99. The van der Waals surface area contributed by atoms with Crippen molar-refractivity contribution in [2.75, 3.05) is 25.7 Å². The molecule has 0 radical (unpaired) electrons. The summed E-state index contributed by atoms with van der Waals surface area (Å²) in [5, 5.41) is 0. The molecule has 0 atom stereocenters. The first kappa shape index (κ1) is 15.9. The molecule has 1 aromatic carbocycles. The Labute approximate surface area is 121 Å². The second kappa shape index (κ2) is 9.72. The van der Waals surface area contributed by atoms with Crippen LogP contribution in [-0.2, 0) is 4.74 Å². The van der Waals surface area contributed by atoms with Crippen LogP contribution in [0, 0.1) is 18.8 Å². The Kier molecular flexibility index (Phi) is 8.13. The third-order valence-electron chi connectivity index (χ3n) is 2.52. The van der Waals surface area contributed by atoms with Crippen molar-refractivity contribution >= 4 is 11.6 Å². The summed E-state index contributed by atoms with van der Waals surface area (Å²) in [4.78, 5) is 0. The molecule has 0 spiro atoms. The van der Waals surface area contributed by atoms with Gasteiger partial charge in [-0.05, 0) is 37.6 Å². The topological polar surface area (TPSA) is 18.5 Å². The summed E-state index contributed by atoms with van der Waals surface area (Å²) >= 11 is 5.58. The Morgan fingerprint density at radius 3 is 2.79 bits per heavy atom. The maximum atomic E-state index is 5.71. The maximum absolute atomic E-state index is 5.71. The third-order valence-corrected chi connectivity index (χ3v) is 2.71. The van der Waals surface area contributed by atoms with Gasteiger partial charge >= 0.3 is 0 Å². The van der Waals surface area contributed by atoms with E-state index in [9.17, 15) is 0 Å². The van der Waals surface area contributed by atoms with Crippen molar-refractivity contribution < 1.29 is 9.47 Å². The molecule has 3 heteroatoms. The van der Waals surface area contributed by atoms with Crippen LogP contribution in [0.4, 0.5) is 0 Å². The summed E-state index contributed by atoms with van der Waals surface area (Å²) in [6.45, 7) is 6.21. The van der Waals surface area contributed by atoms with E-state index in [0.717, 1.165) is 42.9 Å².